The first-order chi connectivity index (χ1) is 8.65. The van der Waals surface area contributed by atoms with Crippen LogP contribution in [-0.4, -0.2) is 28.7 Å². The van der Waals surface area contributed by atoms with Crippen LogP contribution < -0.4 is 10.6 Å². The summed E-state index contributed by atoms with van der Waals surface area (Å²) in [6, 6.07) is 6.10. The molecule has 1 heterocycles. The van der Waals surface area contributed by atoms with E-state index < -0.39 is 0 Å². The van der Waals surface area contributed by atoms with Gasteiger partial charge in [0, 0.05) is 30.1 Å². The normalized spacial score (nSPS) is 11.1. The minimum atomic E-state index is 0.0158. The molecule has 1 aromatic heterocycles. The van der Waals surface area contributed by atoms with Gasteiger partial charge in [-0.2, -0.15) is 5.10 Å². The molecule has 1 aromatic carbocycles. The van der Waals surface area contributed by atoms with Gasteiger partial charge in [0.05, 0.1) is 11.7 Å². The lowest BCUT2D eigenvalue weighted by Crippen LogP contribution is -2.27. The molecule has 18 heavy (non-hydrogen) atoms. The molecule has 0 aliphatic carbocycles. The summed E-state index contributed by atoms with van der Waals surface area (Å²) in [7, 11) is 0. The van der Waals surface area contributed by atoms with E-state index in [1.807, 2.05) is 18.2 Å². The van der Waals surface area contributed by atoms with Gasteiger partial charge in [-0.25, -0.2) is 0 Å². The number of anilines is 1. The molecular formula is C13H18N4O. The van der Waals surface area contributed by atoms with Crippen LogP contribution in [0.5, 0.6) is 0 Å². The van der Waals surface area contributed by atoms with Gasteiger partial charge in [0.25, 0.3) is 0 Å². The molecule has 0 saturated heterocycles. The van der Waals surface area contributed by atoms with Crippen LogP contribution in [0.1, 0.15) is 20.3 Å². The van der Waals surface area contributed by atoms with Crippen molar-refractivity contribution in [2.24, 2.45) is 0 Å². The molecule has 0 aliphatic rings. The van der Waals surface area contributed by atoms with Crippen LogP contribution in [0.15, 0.2) is 24.4 Å². The van der Waals surface area contributed by atoms with Gasteiger partial charge in [-0.3, -0.25) is 9.89 Å². The molecule has 96 valence electrons. The number of rotatable bonds is 5. The molecule has 5 heteroatoms. The molecular weight excluding hydrogens is 228 g/mol. The van der Waals surface area contributed by atoms with E-state index >= 15 is 0 Å². The average molecular weight is 246 g/mol. The quantitative estimate of drug-likeness (QED) is 0.754. The Morgan fingerprint density at radius 2 is 2.28 bits per heavy atom. The number of carbonyl (C=O) groups excluding carboxylic acids is 1. The fraction of sp³-hybridized carbons (Fsp3) is 0.385. The van der Waals surface area contributed by atoms with Crippen LogP contribution in [0.4, 0.5) is 5.69 Å². The molecule has 1 amide bonds. The van der Waals surface area contributed by atoms with Crippen LogP contribution in [0, 0.1) is 0 Å². The van der Waals surface area contributed by atoms with Crippen LogP contribution >= 0.6 is 0 Å². The second kappa shape index (κ2) is 5.64. The lowest BCUT2D eigenvalue weighted by Gasteiger charge is -2.08. The molecule has 0 radical (unpaired) electrons. The molecule has 2 rings (SSSR count). The molecule has 3 N–H and O–H groups in total. The highest BCUT2D eigenvalue weighted by Gasteiger charge is 2.04. The molecule has 5 nitrogen and oxygen atoms in total. The van der Waals surface area contributed by atoms with Crippen molar-refractivity contribution in [2.45, 2.75) is 26.3 Å². The number of hydrogen-bond acceptors (Lipinski definition) is 3. The van der Waals surface area contributed by atoms with Gasteiger partial charge < -0.3 is 10.6 Å². The molecule has 0 fully saturated rings. The van der Waals surface area contributed by atoms with E-state index in [0.29, 0.717) is 19.0 Å². The Labute approximate surface area is 106 Å². The summed E-state index contributed by atoms with van der Waals surface area (Å²) in [4.78, 5) is 11.7. The third-order valence-electron chi connectivity index (χ3n) is 2.63. The number of carbonyl (C=O) groups is 1. The molecule has 0 saturated carbocycles. The summed E-state index contributed by atoms with van der Waals surface area (Å²) in [6.07, 6.45) is 2.23. The Hall–Kier alpha value is -1.88. The smallest absolute Gasteiger partial charge is 0.225 e. The van der Waals surface area contributed by atoms with Crippen molar-refractivity contribution in [3.63, 3.8) is 0 Å². The first kappa shape index (κ1) is 12.6. The fourth-order valence-corrected chi connectivity index (χ4v) is 1.71. The number of nitrogens with one attached hydrogen (secondary N) is 3. The van der Waals surface area contributed by atoms with Gasteiger partial charge >= 0.3 is 0 Å². The summed E-state index contributed by atoms with van der Waals surface area (Å²) in [5, 5.41) is 13.9. The van der Waals surface area contributed by atoms with Crippen molar-refractivity contribution >= 4 is 22.5 Å². The van der Waals surface area contributed by atoms with E-state index in [9.17, 15) is 4.79 Å². The summed E-state index contributed by atoms with van der Waals surface area (Å²) >= 11 is 0. The maximum Gasteiger partial charge on any atom is 0.225 e. The summed E-state index contributed by atoms with van der Waals surface area (Å²) in [5.41, 5.74) is 1.72. The molecule has 0 bridgehead atoms. The van der Waals surface area contributed by atoms with Crippen LogP contribution in [0.2, 0.25) is 0 Å². The number of fused-ring (bicyclic) bond motifs is 1. The van der Waals surface area contributed by atoms with Crippen molar-refractivity contribution in [2.75, 3.05) is 11.9 Å². The Kier molecular flexibility index (Phi) is 3.94. The predicted octanol–water partition coefficient (Wildman–Crippen LogP) is 1.89. The third kappa shape index (κ3) is 3.30. The van der Waals surface area contributed by atoms with E-state index in [-0.39, 0.29) is 5.91 Å². The average Bonchev–Trinajstić information content (AvgIpc) is 2.75. The first-order valence-electron chi connectivity index (χ1n) is 6.11. The van der Waals surface area contributed by atoms with Crippen molar-refractivity contribution < 1.29 is 4.79 Å². The Bertz CT molecular complexity index is 533. The summed E-state index contributed by atoms with van der Waals surface area (Å²) in [6.45, 7) is 4.81. The zero-order valence-corrected chi connectivity index (χ0v) is 10.7. The van der Waals surface area contributed by atoms with E-state index in [0.717, 1.165) is 16.6 Å². The van der Waals surface area contributed by atoms with Gasteiger partial charge in [-0.15, -0.1) is 0 Å². The molecule has 0 aliphatic heterocycles. The standard InChI is InChI=1S/C13H18N4O/c1-9(2)14-6-5-13(18)16-11-4-3-10-8-15-17-12(10)7-11/h3-4,7-9,14H,5-6H2,1-2H3,(H,15,17)(H,16,18). The minimum absolute atomic E-state index is 0.0158. The monoisotopic (exact) mass is 246 g/mol. The van der Waals surface area contributed by atoms with Crippen molar-refractivity contribution in [1.29, 1.82) is 0 Å². The van der Waals surface area contributed by atoms with Crippen molar-refractivity contribution in [3.05, 3.63) is 24.4 Å². The lowest BCUT2D eigenvalue weighted by atomic mass is 10.2. The first-order valence-corrected chi connectivity index (χ1v) is 6.11. The van der Waals surface area contributed by atoms with Crippen molar-refractivity contribution in [1.82, 2.24) is 15.5 Å². The topological polar surface area (TPSA) is 69.8 Å². The number of nitrogens with zero attached hydrogens (tertiary/aromatic N) is 1. The molecule has 2 aromatic rings. The highest BCUT2D eigenvalue weighted by Crippen LogP contribution is 2.16. The van der Waals surface area contributed by atoms with Gasteiger partial charge in [-0.1, -0.05) is 13.8 Å². The number of amides is 1. The Morgan fingerprint density at radius 3 is 3.06 bits per heavy atom. The maximum atomic E-state index is 11.7. The maximum absolute atomic E-state index is 11.7. The van der Waals surface area contributed by atoms with Crippen LogP contribution in [-0.2, 0) is 4.79 Å². The van der Waals surface area contributed by atoms with Gasteiger partial charge in [0.1, 0.15) is 0 Å². The second-order valence-electron chi connectivity index (χ2n) is 4.58. The number of aromatic amines is 1. The largest absolute Gasteiger partial charge is 0.326 e. The highest BCUT2D eigenvalue weighted by molar-refractivity contribution is 5.93. The highest BCUT2D eigenvalue weighted by atomic mass is 16.1. The lowest BCUT2D eigenvalue weighted by molar-refractivity contribution is -0.116. The predicted molar refractivity (Wildman–Crippen MR) is 72.5 cm³/mol. The minimum Gasteiger partial charge on any atom is -0.326 e. The zero-order valence-electron chi connectivity index (χ0n) is 10.7. The van der Waals surface area contributed by atoms with Gasteiger partial charge in [-0.05, 0) is 18.2 Å². The summed E-state index contributed by atoms with van der Waals surface area (Å²) in [5.74, 6) is 0.0158. The van der Waals surface area contributed by atoms with Crippen LogP contribution in [0.3, 0.4) is 0 Å². The van der Waals surface area contributed by atoms with Gasteiger partial charge in [0.15, 0.2) is 0 Å². The Morgan fingerprint density at radius 1 is 1.44 bits per heavy atom. The van der Waals surface area contributed by atoms with E-state index in [2.05, 4.69) is 34.7 Å². The SMILES string of the molecule is CC(C)NCCC(=O)Nc1ccc2cn[nH]c2c1. The number of benzene rings is 1. The molecule has 0 spiro atoms. The number of aromatic nitrogens is 2. The fourth-order valence-electron chi connectivity index (χ4n) is 1.71. The summed E-state index contributed by atoms with van der Waals surface area (Å²) < 4.78 is 0. The van der Waals surface area contributed by atoms with Crippen LogP contribution in [0.25, 0.3) is 10.9 Å². The number of hydrogen-bond donors (Lipinski definition) is 3. The second-order valence-corrected chi connectivity index (χ2v) is 4.58. The number of H-pyrrole nitrogens is 1. The zero-order chi connectivity index (χ0) is 13.0. The molecule has 0 unspecified atom stereocenters. The molecule has 0 atom stereocenters. The van der Waals surface area contributed by atoms with E-state index in [1.165, 1.54) is 0 Å². The van der Waals surface area contributed by atoms with Crippen molar-refractivity contribution in [3.8, 4) is 0 Å². The Balaban J connectivity index is 1.90. The van der Waals surface area contributed by atoms with Gasteiger partial charge in [0.2, 0.25) is 5.91 Å². The van der Waals surface area contributed by atoms with E-state index in [1.54, 1.807) is 6.20 Å². The third-order valence-corrected chi connectivity index (χ3v) is 2.63. The van der Waals surface area contributed by atoms with E-state index in [4.69, 9.17) is 0 Å².